The van der Waals surface area contributed by atoms with Gasteiger partial charge in [0.25, 0.3) is 0 Å². The summed E-state index contributed by atoms with van der Waals surface area (Å²) in [5, 5.41) is 3.54. The molecule has 1 aromatic rings. The molecule has 1 aliphatic heterocycles. The molecule has 0 radical (unpaired) electrons. The molecule has 5 nitrogen and oxygen atoms in total. The van der Waals surface area contributed by atoms with Crippen LogP contribution in [0.4, 0.5) is 11.5 Å². The molecule has 17 heavy (non-hydrogen) atoms. The summed E-state index contributed by atoms with van der Waals surface area (Å²) in [6.45, 7) is 3.42. The van der Waals surface area contributed by atoms with Crippen molar-refractivity contribution in [1.29, 1.82) is 0 Å². The van der Waals surface area contributed by atoms with Crippen LogP contribution in [0.2, 0.25) is 0 Å². The van der Waals surface area contributed by atoms with Gasteiger partial charge in [-0.1, -0.05) is 0 Å². The molecule has 1 aliphatic rings. The molecule has 0 bridgehead atoms. The minimum Gasteiger partial charge on any atom is -0.382 e. The Morgan fingerprint density at radius 1 is 1.53 bits per heavy atom. The van der Waals surface area contributed by atoms with Crippen LogP contribution in [0.25, 0.3) is 0 Å². The molecular formula is C12H21N5. The predicted octanol–water partition coefficient (Wildman–Crippen LogP) is 1.26. The lowest BCUT2D eigenvalue weighted by atomic mass is 9.99. The van der Waals surface area contributed by atoms with Gasteiger partial charge < -0.3 is 15.6 Å². The molecule has 2 rings (SSSR count). The Morgan fingerprint density at radius 3 is 3.06 bits per heavy atom. The van der Waals surface area contributed by atoms with Crippen LogP contribution >= 0.6 is 0 Å². The molecule has 0 spiro atoms. The summed E-state index contributed by atoms with van der Waals surface area (Å²) in [6, 6.07) is 5.08. The van der Waals surface area contributed by atoms with E-state index in [1.165, 1.54) is 12.8 Å². The van der Waals surface area contributed by atoms with Gasteiger partial charge in [0.05, 0.1) is 0 Å². The smallest absolute Gasteiger partial charge is 0.141 e. The third-order valence-electron chi connectivity index (χ3n) is 3.49. The molecule has 2 heterocycles. The minimum atomic E-state index is 0.536. The van der Waals surface area contributed by atoms with E-state index in [2.05, 4.69) is 34.6 Å². The van der Waals surface area contributed by atoms with Crippen molar-refractivity contribution in [2.24, 2.45) is 5.84 Å². The highest BCUT2D eigenvalue weighted by molar-refractivity contribution is 5.51. The summed E-state index contributed by atoms with van der Waals surface area (Å²) in [6.07, 6.45) is 4.11. The van der Waals surface area contributed by atoms with E-state index < -0.39 is 0 Å². The monoisotopic (exact) mass is 235 g/mol. The van der Waals surface area contributed by atoms with Gasteiger partial charge in [-0.2, -0.15) is 0 Å². The van der Waals surface area contributed by atoms with Crippen molar-refractivity contribution < 1.29 is 0 Å². The van der Waals surface area contributed by atoms with Gasteiger partial charge in [-0.3, -0.25) is 0 Å². The van der Waals surface area contributed by atoms with Gasteiger partial charge in [0.15, 0.2) is 0 Å². The molecule has 1 fully saturated rings. The largest absolute Gasteiger partial charge is 0.382 e. The number of anilines is 2. The molecule has 1 saturated heterocycles. The van der Waals surface area contributed by atoms with Crippen molar-refractivity contribution in [3.8, 4) is 0 Å². The number of hydrogen-bond acceptors (Lipinski definition) is 5. The summed E-state index contributed by atoms with van der Waals surface area (Å²) < 4.78 is 0. The van der Waals surface area contributed by atoms with Crippen LogP contribution in [0, 0.1) is 0 Å². The lowest BCUT2D eigenvalue weighted by Crippen LogP contribution is -2.42. The van der Waals surface area contributed by atoms with E-state index in [4.69, 9.17) is 5.84 Å². The molecule has 4 N–H and O–H groups in total. The molecule has 1 aromatic heterocycles. The highest BCUT2D eigenvalue weighted by Crippen LogP contribution is 2.20. The van der Waals surface area contributed by atoms with Crippen LogP contribution in [0.1, 0.15) is 19.8 Å². The fourth-order valence-electron chi connectivity index (χ4n) is 2.26. The number of aromatic nitrogens is 1. The number of rotatable bonds is 3. The van der Waals surface area contributed by atoms with E-state index >= 15 is 0 Å². The van der Waals surface area contributed by atoms with Gasteiger partial charge in [-0.05, 0) is 32.9 Å². The molecule has 2 unspecified atom stereocenters. The second-order valence-corrected chi connectivity index (χ2v) is 4.77. The fraction of sp³-hybridized carbons (Fsp3) is 0.583. The van der Waals surface area contributed by atoms with Crippen LogP contribution in [0.3, 0.4) is 0 Å². The average Bonchev–Trinajstić information content (AvgIpc) is 2.34. The van der Waals surface area contributed by atoms with E-state index in [-0.39, 0.29) is 0 Å². The SMILES string of the molecule is CC1CC(Nc2ccnc(NN)c2)CCN1C. The maximum absolute atomic E-state index is 5.35. The third-order valence-corrected chi connectivity index (χ3v) is 3.49. The molecule has 0 saturated carbocycles. The maximum atomic E-state index is 5.35. The second kappa shape index (κ2) is 5.33. The normalized spacial score (nSPS) is 25.6. The van der Waals surface area contributed by atoms with Gasteiger partial charge in [0.2, 0.25) is 0 Å². The summed E-state index contributed by atoms with van der Waals surface area (Å²) in [4.78, 5) is 6.49. The quantitative estimate of drug-likeness (QED) is 0.544. The average molecular weight is 235 g/mol. The summed E-state index contributed by atoms with van der Waals surface area (Å²) in [5.41, 5.74) is 3.64. The summed E-state index contributed by atoms with van der Waals surface area (Å²) in [5.74, 6) is 6.04. The number of likely N-dealkylation sites (tertiary alicyclic amines) is 1. The lowest BCUT2D eigenvalue weighted by Gasteiger charge is -2.35. The number of nitrogen functional groups attached to an aromatic ring is 1. The van der Waals surface area contributed by atoms with Crippen LogP contribution in [-0.2, 0) is 0 Å². The van der Waals surface area contributed by atoms with Gasteiger partial charge in [-0.15, -0.1) is 0 Å². The van der Waals surface area contributed by atoms with Crippen molar-refractivity contribution in [3.05, 3.63) is 18.3 Å². The Bertz CT molecular complexity index is 368. The Labute approximate surface area is 102 Å². The number of piperidine rings is 1. The predicted molar refractivity (Wildman–Crippen MR) is 70.8 cm³/mol. The molecule has 0 aliphatic carbocycles. The van der Waals surface area contributed by atoms with E-state index in [0.717, 1.165) is 12.2 Å². The van der Waals surface area contributed by atoms with Gasteiger partial charge in [0.1, 0.15) is 5.82 Å². The zero-order chi connectivity index (χ0) is 12.3. The van der Waals surface area contributed by atoms with E-state index in [9.17, 15) is 0 Å². The molecule has 2 atom stereocenters. The molecule has 5 heteroatoms. The lowest BCUT2D eigenvalue weighted by molar-refractivity contribution is 0.190. The van der Waals surface area contributed by atoms with Gasteiger partial charge in [0, 0.05) is 36.6 Å². The topological polar surface area (TPSA) is 66.2 Å². The van der Waals surface area contributed by atoms with Crippen LogP contribution in [-0.4, -0.2) is 35.6 Å². The first-order chi connectivity index (χ1) is 8.19. The first-order valence-corrected chi connectivity index (χ1v) is 6.08. The van der Waals surface area contributed by atoms with Crippen molar-refractivity contribution in [1.82, 2.24) is 9.88 Å². The first-order valence-electron chi connectivity index (χ1n) is 6.08. The molecular weight excluding hydrogens is 214 g/mol. The van der Waals surface area contributed by atoms with E-state index in [1.807, 2.05) is 12.1 Å². The Kier molecular flexibility index (Phi) is 3.81. The second-order valence-electron chi connectivity index (χ2n) is 4.77. The Balaban J connectivity index is 1.96. The van der Waals surface area contributed by atoms with Gasteiger partial charge in [-0.25, -0.2) is 10.8 Å². The molecule has 0 amide bonds. The number of nitrogens with two attached hydrogens (primary N) is 1. The van der Waals surface area contributed by atoms with Crippen molar-refractivity contribution in [2.45, 2.75) is 31.8 Å². The number of hydrazine groups is 1. The maximum Gasteiger partial charge on any atom is 0.141 e. The van der Waals surface area contributed by atoms with Crippen LogP contribution in [0.15, 0.2) is 18.3 Å². The number of nitrogens with zero attached hydrogens (tertiary/aromatic N) is 2. The first kappa shape index (κ1) is 12.1. The van der Waals surface area contributed by atoms with E-state index in [1.54, 1.807) is 6.20 Å². The number of hydrogen-bond donors (Lipinski definition) is 3. The minimum absolute atomic E-state index is 0.536. The Hall–Kier alpha value is -1.33. The van der Waals surface area contributed by atoms with E-state index in [0.29, 0.717) is 17.9 Å². The fourth-order valence-corrected chi connectivity index (χ4v) is 2.26. The zero-order valence-electron chi connectivity index (χ0n) is 10.5. The number of pyridine rings is 1. The van der Waals surface area contributed by atoms with Crippen molar-refractivity contribution in [3.63, 3.8) is 0 Å². The highest BCUT2D eigenvalue weighted by Gasteiger charge is 2.22. The summed E-state index contributed by atoms with van der Waals surface area (Å²) >= 11 is 0. The third kappa shape index (κ3) is 3.08. The van der Waals surface area contributed by atoms with Crippen LogP contribution < -0.4 is 16.6 Å². The number of nitrogens with one attached hydrogen (secondary N) is 2. The standard InChI is InChI=1S/C12H21N5/c1-9-7-11(4-6-17(9)2)15-10-3-5-14-12(8-10)16-13/h3,5,8-9,11H,4,6-7,13H2,1-2H3,(H2,14,15,16). The molecule has 94 valence electrons. The van der Waals surface area contributed by atoms with Crippen molar-refractivity contribution in [2.75, 3.05) is 24.3 Å². The van der Waals surface area contributed by atoms with Crippen molar-refractivity contribution >= 4 is 11.5 Å². The van der Waals surface area contributed by atoms with Crippen LogP contribution in [0.5, 0.6) is 0 Å². The summed E-state index contributed by atoms with van der Waals surface area (Å²) in [7, 11) is 2.18. The zero-order valence-corrected chi connectivity index (χ0v) is 10.5. The van der Waals surface area contributed by atoms with Gasteiger partial charge >= 0.3 is 0 Å². The molecule has 0 aromatic carbocycles. The highest BCUT2D eigenvalue weighted by atomic mass is 15.2. The Morgan fingerprint density at radius 2 is 2.35 bits per heavy atom.